The van der Waals surface area contributed by atoms with E-state index >= 15 is 0 Å². The molecule has 2 saturated heterocycles. The summed E-state index contributed by atoms with van der Waals surface area (Å²) in [7, 11) is 0. The van der Waals surface area contributed by atoms with Gasteiger partial charge in [-0.05, 0) is 18.8 Å². The van der Waals surface area contributed by atoms with Crippen LogP contribution < -0.4 is 0 Å². The Morgan fingerprint density at radius 3 is 2.61 bits per heavy atom. The summed E-state index contributed by atoms with van der Waals surface area (Å²) >= 11 is 0. The summed E-state index contributed by atoms with van der Waals surface area (Å²) in [4.78, 5) is 36.4. The van der Waals surface area contributed by atoms with Crippen LogP contribution in [0.15, 0.2) is 12.4 Å². The Labute approximate surface area is 135 Å². The van der Waals surface area contributed by atoms with E-state index in [0.29, 0.717) is 44.3 Å². The average Bonchev–Trinajstić information content (AvgIpc) is 3.04. The molecular weight excluding hydrogens is 296 g/mol. The SMILES string of the molecule is CC(=O)N1CC[C@H](Cc2nccnc2C(=O)N2CCOCC2)C1. The second kappa shape index (κ2) is 7.04. The van der Waals surface area contributed by atoms with Crippen molar-refractivity contribution in [2.45, 2.75) is 19.8 Å². The van der Waals surface area contributed by atoms with Gasteiger partial charge in [0.1, 0.15) is 5.69 Å². The van der Waals surface area contributed by atoms with Crippen LogP contribution in [0.3, 0.4) is 0 Å². The first kappa shape index (κ1) is 15.9. The fourth-order valence-corrected chi connectivity index (χ4v) is 3.17. The zero-order valence-electron chi connectivity index (χ0n) is 13.4. The number of morpholine rings is 1. The topological polar surface area (TPSA) is 75.6 Å². The molecule has 0 N–H and O–H groups in total. The van der Waals surface area contributed by atoms with Crippen LogP contribution in [-0.4, -0.2) is 71.0 Å². The fraction of sp³-hybridized carbons (Fsp3) is 0.625. The van der Waals surface area contributed by atoms with E-state index in [2.05, 4.69) is 9.97 Å². The van der Waals surface area contributed by atoms with E-state index in [-0.39, 0.29) is 11.8 Å². The van der Waals surface area contributed by atoms with Crippen LogP contribution in [0.25, 0.3) is 0 Å². The Bertz CT molecular complexity index is 586. The maximum absolute atomic E-state index is 12.7. The number of rotatable bonds is 3. The van der Waals surface area contributed by atoms with E-state index in [1.165, 1.54) is 0 Å². The van der Waals surface area contributed by atoms with Crippen molar-refractivity contribution >= 4 is 11.8 Å². The summed E-state index contributed by atoms with van der Waals surface area (Å²) in [5.74, 6) is 0.376. The molecule has 1 atom stereocenters. The van der Waals surface area contributed by atoms with Crippen LogP contribution in [0.5, 0.6) is 0 Å². The molecule has 0 spiro atoms. The van der Waals surface area contributed by atoms with Crippen LogP contribution >= 0.6 is 0 Å². The zero-order chi connectivity index (χ0) is 16.2. The van der Waals surface area contributed by atoms with Gasteiger partial charge in [0.15, 0.2) is 0 Å². The summed E-state index contributed by atoms with van der Waals surface area (Å²) in [5, 5.41) is 0. The van der Waals surface area contributed by atoms with Gasteiger partial charge in [0.25, 0.3) is 5.91 Å². The lowest BCUT2D eigenvalue weighted by Gasteiger charge is -2.27. The molecule has 0 aliphatic carbocycles. The molecule has 0 radical (unpaired) electrons. The number of likely N-dealkylation sites (tertiary alicyclic amines) is 1. The van der Waals surface area contributed by atoms with Crippen LogP contribution in [0.2, 0.25) is 0 Å². The Morgan fingerprint density at radius 1 is 1.17 bits per heavy atom. The van der Waals surface area contributed by atoms with Crippen LogP contribution in [0.1, 0.15) is 29.5 Å². The summed E-state index contributed by atoms with van der Waals surface area (Å²) < 4.78 is 5.29. The smallest absolute Gasteiger partial charge is 0.274 e. The van der Waals surface area contributed by atoms with E-state index in [9.17, 15) is 9.59 Å². The van der Waals surface area contributed by atoms with Gasteiger partial charge in [-0.15, -0.1) is 0 Å². The Balaban J connectivity index is 1.70. The van der Waals surface area contributed by atoms with Crippen molar-refractivity contribution in [2.75, 3.05) is 39.4 Å². The van der Waals surface area contributed by atoms with Crippen LogP contribution in [0.4, 0.5) is 0 Å². The van der Waals surface area contributed by atoms with Gasteiger partial charge in [-0.2, -0.15) is 0 Å². The molecule has 0 saturated carbocycles. The molecule has 7 heteroatoms. The van der Waals surface area contributed by atoms with Crippen molar-refractivity contribution < 1.29 is 14.3 Å². The minimum atomic E-state index is -0.0715. The molecule has 3 rings (SSSR count). The number of nitrogens with zero attached hydrogens (tertiary/aromatic N) is 4. The first-order valence-corrected chi connectivity index (χ1v) is 8.07. The molecule has 2 fully saturated rings. The van der Waals surface area contributed by atoms with Crippen molar-refractivity contribution in [2.24, 2.45) is 5.92 Å². The number of ether oxygens (including phenoxy) is 1. The summed E-state index contributed by atoms with van der Waals surface area (Å²) in [5.41, 5.74) is 1.18. The predicted molar refractivity (Wildman–Crippen MR) is 82.8 cm³/mol. The van der Waals surface area contributed by atoms with E-state index < -0.39 is 0 Å². The van der Waals surface area contributed by atoms with Crippen molar-refractivity contribution in [3.8, 4) is 0 Å². The standard InChI is InChI=1S/C16H22N4O3/c1-12(21)20-5-2-13(11-20)10-14-15(18-4-3-17-14)16(22)19-6-8-23-9-7-19/h3-4,13H,2,5-11H2,1H3/t13-/m1/s1. The number of carbonyl (C=O) groups excluding carboxylic acids is 2. The first-order valence-electron chi connectivity index (χ1n) is 8.07. The average molecular weight is 318 g/mol. The van der Waals surface area contributed by atoms with Gasteiger partial charge in [0.05, 0.1) is 18.9 Å². The maximum atomic E-state index is 12.7. The second-order valence-electron chi connectivity index (χ2n) is 6.08. The third-order valence-electron chi connectivity index (χ3n) is 4.49. The molecule has 1 aromatic rings. The van der Waals surface area contributed by atoms with E-state index in [1.54, 1.807) is 24.2 Å². The Hall–Kier alpha value is -2.02. The van der Waals surface area contributed by atoms with Crippen molar-refractivity contribution in [1.82, 2.24) is 19.8 Å². The van der Waals surface area contributed by atoms with E-state index in [0.717, 1.165) is 25.2 Å². The number of hydrogen-bond donors (Lipinski definition) is 0. The molecule has 0 bridgehead atoms. The summed E-state index contributed by atoms with van der Waals surface area (Å²) in [6, 6.07) is 0. The molecule has 2 aliphatic rings. The highest BCUT2D eigenvalue weighted by Crippen LogP contribution is 2.21. The van der Waals surface area contributed by atoms with Gasteiger partial charge in [0, 0.05) is 45.5 Å². The molecule has 2 amide bonds. The van der Waals surface area contributed by atoms with Crippen molar-refractivity contribution in [3.63, 3.8) is 0 Å². The highest BCUT2D eigenvalue weighted by Gasteiger charge is 2.28. The zero-order valence-corrected chi connectivity index (χ0v) is 13.4. The van der Waals surface area contributed by atoms with Gasteiger partial charge < -0.3 is 14.5 Å². The lowest BCUT2D eigenvalue weighted by Crippen LogP contribution is -2.41. The third-order valence-corrected chi connectivity index (χ3v) is 4.49. The largest absolute Gasteiger partial charge is 0.378 e. The molecule has 7 nitrogen and oxygen atoms in total. The van der Waals surface area contributed by atoms with Gasteiger partial charge in [-0.3, -0.25) is 14.6 Å². The monoisotopic (exact) mass is 318 g/mol. The third kappa shape index (κ3) is 3.67. The first-order chi connectivity index (χ1) is 11.1. The molecule has 23 heavy (non-hydrogen) atoms. The minimum Gasteiger partial charge on any atom is -0.378 e. The van der Waals surface area contributed by atoms with Gasteiger partial charge in [-0.1, -0.05) is 0 Å². The molecule has 2 aliphatic heterocycles. The number of amides is 2. The Morgan fingerprint density at radius 2 is 1.91 bits per heavy atom. The Kier molecular flexibility index (Phi) is 4.85. The molecule has 0 unspecified atom stereocenters. The fourth-order valence-electron chi connectivity index (χ4n) is 3.17. The summed E-state index contributed by atoms with van der Waals surface area (Å²) in [6.07, 6.45) is 4.82. The normalized spacial score (nSPS) is 21.5. The second-order valence-corrected chi connectivity index (χ2v) is 6.08. The van der Waals surface area contributed by atoms with Gasteiger partial charge in [0.2, 0.25) is 5.91 Å². The molecular formula is C16H22N4O3. The molecule has 124 valence electrons. The van der Waals surface area contributed by atoms with E-state index in [4.69, 9.17) is 4.74 Å². The lowest BCUT2D eigenvalue weighted by molar-refractivity contribution is -0.127. The van der Waals surface area contributed by atoms with Crippen molar-refractivity contribution in [1.29, 1.82) is 0 Å². The minimum absolute atomic E-state index is 0.0715. The highest BCUT2D eigenvalue weighted by atomic mass is 16.5. The maximum Gasteiger partial charge on any atom is 0.274 e. The predicted octanol–water partition coefficient (Wildman–Crippen LogP) is 0.360. The lowest BCUT2D eigenvalue weighted by atomic mass is 10.0. The van der Waals surface area contributed by atoms with Gasteiger partial charge >= 0.3 is 0 Å². The number of carbonyl (C=O) groups is 2. The van der Waals surface area contributed by atoms with Gasteiger partial charge in [-0.25, -0.2) is 4.98 Å². The quantitative estimate of drug-likeness (QED) is 0.804. The van der Waals surface area contributed by atoms with Crippen LogP contribution in [-0.2, 0) is 16.0 Å². The van der Waals surface area contributed by atoms with Crippen LogP contribution in [0, 0.1) is 5.92 Å². The number of hydrogen-bond acceptors (Lipinski definition) is 5. The molecule has 0 aromatic carbocycles. The van der Waals surface area contributed by atoms with Crippen molar-refractivity contribution in [3.05, 3.63) is 23.8 Å². The highest BCUT2D eigenvalue weighted by molar-refractivity contribution is 5.93. The summed E-state index contributed by atoms with van der Waals surface area (Å²) in [6.45, 7) is 5.43. The molecule has 1 aromatic heterocycles. The molecule has 3 heterocycles. The number of aromatic nitrogens is 2. The van der Waals surface area contributed by atoms with E-state index in [1.807, 2.05) is 4.90 Å².